The maximum absolute atomic E-state index is 5.05. The molecule has 1 aromatic rings. The standard InChI is InChI=1S/C14H26N4O/c1-17-8-5-16-14(17)12-18-7-3-4-13(11-18)10-15-6-9-19-2/h5,8,13,15H,3-4,6-7,9-12H2,1-2H3. The van der Waals surface area contributed by atoms with E-state index in [-0.39, 0.29) is 0 Å². The molecule has 1 saturated heterocycles. The lowest BCUT2D eigenvalue weighted by molar-refractivity contribution is 0.155. The molecule has 0 saturated carbocycles. The predicted octanol–water partition coefficient (Wildman–Crippen LogP) is 0.868. The molecule has 1 aliphatic heterocycles. The zero-order valence-corrected chi connectivity index (χ0v) is 12.1. The number of aromatic nitrogens is 2. The van der Waals surface area contributed by atoms with Gasteiger partial charge < -0.3 is 14.6 Å². The predicted molar refractivity (Wildman–Crippen MR) is 76.0 cm³/mol. The first-order valence-corrected chi connectivity index (χ1v) is 7.18. The van der Waals surface area contributed by atoms with Crippen LogP contribution in [0, 0.1) is 5.92 Å². The lowest BCUT2D eigenvalue weighted by Crippen LogP contribution is -2.40. The Kier molecular flexibility index (Phi) is 5.82. The van der Waals surface area contributed by atoms with E-state index in [1.165, 1.54) is 25.9 Å². The van der Waals surface area contributed by atoms with Crippen LogP contribution in [0.4, 0.5) is 0 Å². The highest BCUT2D eigenvalue weighted by molar-refractivity contribution is 4.91. The highest BCUT2D eigenvalue weighted by Crippen LogP contribution is 2.17. The Balaban J connectivity index is 1.72. The second-order valence-electron chi connectivity index (χ2n) is 5.39. The Morgan fingerprint density at radius 1 is 1.53 bits per heavy atom. The molecule has 0 spiro atoms. The number of imidazole rings is 1. The van der Waals surface area contributed by atoms with Crippen LogP contribution >= 0.6 is 0 Å². The Morgan fingerprint density at radius 3 is 3.16 bits per heavy atom. The Labute approximate surface area is 116 Å². The van der Waals surface area contributed by atoms with Crippen LogP contribution in [0.3, 0.4) is 0 Å². The number of nitrogens with one attached hydrogen (secondary N) is 1. The Morgan fingerprint density at radius 2 is 2.42 bits per heavy atom. The van der Waals surface area contributed by atoms with E-state index >= 15 is 0 Å². The lowest BCUT2D eigenvalue weighted by atomic mass is 9.98. The molecule has 1 N–H and O–H groups in total. The summed E-state index contributed by atoms with van der Waals surface area (Å²) in [4.78, 5) is 6.93. The van der Waals surface area contributed by atoms with Gasteiger partial charge in [-0.05, 0) is 31.8 Å². The average Bonchev–Trinajstić information content (AvgIpc) is 2.81. The smallest absolute Gasteiger partial charge is 0.122 e. The van der Waals surface area contributed by atoms with Gasteiger partial charge in [-0.25, -0.2) is 4.98 Å². The number of nitrogens with zero attached hydrogens (tertiary/aromatic N) is 3. The molecule has 0 radical (unpaired) electrons. The number of methoxy groups -OCH3 is 1. The molecular formula is C14H26N4O. The van der Waals surface area contributed by atoms with Gasteiger partial charge in [-0.2, -0.15) is 0 Å². The van der Waals surface area contributed by atoms with Crippen LogP contribution in [0.1, 0.15) is 18.7 Å². The van der Waals surface area contributed by atoms with Crippen LogP contribution in [-0.4, -0.2) is 54.3 Å². The quantitative estimate of drug-likeness (QED) is 0.744. The molecule has 19 heavy (non-hydrogen) atoms. The van der Waals surface area contributed by atoms with E-state index in [1.54, 1.807) is 7.11 Å². The van der Waals surface area contributed by atoms with Crippen molar-refractivity contribution in [2.75, 3.05) is 39.9 Å². The minimum atomic E-state index is 0.755. The summed E-state index contributed by atoms with van der Waals surface area (Å²) in [6.45, 7) is 6.18. The molecular weight excluding hydrogens is 240 g/mol. The summed E-state index contributed by atoms with van der Waals surface area (Å²) in [7, 11) is 3.81. The van der Waals surface area contributed by atoms with Crippen LogP contribution in [0.25, 0.3) is 0 Å². The molecule has 0 amide bonds. The molecule has 2 heterocycles. The summed E-state index contributed by atoms with van der Waals surface area (Å²) in [6.07, 6.45) is 6.52. The normalized spacial score (nSPS) is 20.8. The van der Waals surface area contributed by atoms with Gasteiger partial charge in [-0.1, -0.05) is 0 Å². The summed E-state index contributed by atoms with van der Waals surface area (Å²) >= 11 is 0. The number of rotatable bonds is 7. The molecule has 1 aromatic heterocycles. The molecule has 0 aromatic carbocycles. The monoisotopic (exact) mass is 266 g/mol. The van der Waals surface area contributed by atoms with E-state index in [0.717, 1.165) is 38.0 Å². The largest absolute Gasteiger partial charge is 0.383 e. The van der Waals surface area contributed by atoms with E-state index in [4.69, 9.17) is 4.74 Å². The fraction of sp³-hybridized carbons (Fsp3) is 0.786. The van der Waals surface area contributed by atoms with Gasteiger partial charge in [0.25, 0.3) is 0 Å². The summed E-state index contributed by atoms with van der Waals surface area (Å²) in [5.74, 6) is 1.92. The van der Waals surface area contributed by atoms with Gasteiger partial charge >= 0.3 is 0 Å². The van der Waals surface area contributed by atoms with E-state index < -0.39 is 0 Å². The Bertz CT molecular complexity index is 366. The van der Waals surface area contributed by atoms with Crippen LogP contribution < -0.4 is 5.32 Å². The maximum atomic E-state index is 5.05. The van der Waals surface area contributed by atoms with Gasteiger partial charge in [0.2, 0.25) is 0 Å². The zero-order valence-electron chi connectivity index (χ0n) is 12.1. The number of aryl methyl sites for hydroxylation is 1. The van der Waals surface area contributed by atoms with Crippen molar-refractivity contribution in [3.8, 4) is 0 Å². The van der Waals surface area contributed by atoms with Gasteiger partial charge in [-0.3, -0.25) is 4.90 Å². The van der Waals surface area contributed by atoms with Gasteiger partial charge in [0, 0.05) is 39.6 Å². The van der Waals surface area contributed by atoms with Crippen molar-refractivity contribution < 1.29 is 4.74 Å². The highest BCUT2D eigenvalue weighted by atomic mass is 16.5. The third-order valence-corrected chi connectivity index (χ3v) is 3.81. The van der Waals surface area contributed by atoms with Crippen molar-refractivity contribution in [2.24, 2.45) is 13.0 Å². The second kappa shape index (κ2) is 7.62. The number of hydrogen-bond acceptors (Lipinski definition) is 4. The van der Waals surface area contributed by atoms with Gasteiger partial charge in [0.05, 0.1) is 13.2 Å². The van der Waals surface area contributed by atoms with Crippen molar-refractivity contribution in [3.05, 3.63) is 18.2 Å². The second-order valence-corrected chi connectivity index (χ2v) is 5.39. The first-order valence-electron chi connectivity index (χ1n) is 7.18. The van der Waals surface area contributed by atoms with E-state index in [9.17, 15) is 0 Å². The van der Waals surface area contributed by atoms with E-state index in [1.807, 2.05) is 12.4 Å². The van der Waals surface area contributed by atoms with Crippen LogP contribution in [0.2, 0.25) is 0 Å². The molecule has 5 heteroatoms. The summed E-state index contributed by atoms with van der Waals surface area (Å²) in [6, 6.07) is 0. The molecule has 1 aliphatic rings. The number of piperidine rings is 1. The maximum Gasteiger partial charge on any atom is 0.122 e. The van der Waals surface area contributed by atoms with Crippen molar-refractivity contribution in [3.63, 3.8) is 0 Å². The first-order chi connectivity index (χ1) is 9.29. The highest BCUT2D eigenvalue weighted by Gasteiger charge is 2.20. The molecule has 1 fully saturated rings. The van der Waals surface area contributed by atoms with Gasteiger partial charge in [-0.15, -0.1) is 0 Å². The summed E-state index contributed by atoms with van der Waals surface area (Å²) in [5, 5.41) is 3.47. The topological polar surface area (TPSA) is 42.3 Å². The van der Waals surface area contributed by atoms with E-state index in [0.29, 0.717) is 0 Å². The number of hydrogen-bond donors (Lipinski definition) is 1. The average molecular weight is 266 g/mol. The molecule has 1 unspecified atom stereocenters. The summed E-state index contributed by atoms with van der Waals surface area (Å²) < 4.78 is 7.16. The number of likely N-dealkylation sites (tertiary alicyclic amines) is 1. The molecule has 0 aliphatic carbocycles. The molecule has 1 atom stereocenters. The zero-order chi connectivity index (χ0) is 13.5. The molecule has 0 bridgehead atoms. The summed E-state index contributed by atoms with van der Waals surface area (Å²) in [5.41, 5.74) is 0. The van der Waals surface area contributed by atoms with Gasteiger partial charge in [0.1, 0.15) is 5.82 Å². The molecule has 108 valence electrons. The van der Waals surface area contributed by atoms with Crippen LogP contribution in [0.15, 0.2) is 12.4 Å². The van der Waals surface area contributed by atoms with Crippen molar-refractivity contribution >= 4 is 0 Å². The first kappa shape index (κ1) is 14.5. The van der Waals surface area contributed by atoms with E-state index in [2.05, 4.69) is 26.8 Å². The fourth-order valence-corrected chi connectivity index (χ4v) is 2.69. The third kappa shape index (κ3) is 4.60. The minimum Gasteiger partial charge on any atom is -0.383 e. The van der Waals surface area contributed by atoms with Crippen molar-refractivity contribution in [1.82, 2.24) is 19.8 Å². The van der Waals surface area contributed by atoms with Crippen molar-refractivity contribution in [1.29, 1.82) is 0 Å². The number of ether oxygens (including phenoxy) is 1. The third-order valence-electron chi connectivity index (χ3n) is 3.81. The van der Waals surface area contributed by atoms with Gasteiger partial charge in [0.15, 0.2) is 0 Å². The molecule has 5 nitrogen and oxygen atoms in total. The van der Waals surface area contributed by atoms with Crippen molar-refractivity contribution in [2.45, 2.75) is 19.4 Å². The minimum absolute atomic E-state index is 0.755. The fourth-order valence-electron chi connectivity index (χ4n) is 2.69. The van der Waals surface area contributed by atoms with Crippen LogP contribution in [0.5, 0.6) is 0 Å². The molecule has 2 rings (SSSR count). The lowest BCUT2D eigenvalue weighted by Gasteiger charge is -2.32. The SMILES string of the molecule is COCCNCC1CCCN(Cc2nccn2C)C1. The Hall–Kier alpha value is -0.910. The van der Waals surface area contributed by atoms with Crippen LogP contribution in [-0.2, 0) is 18.3 Å².